The van der Waals surface area contributed by atoms with Crippen molar-refractivity contribution in [1.82, 2.24) is 5.32 Å². The number of alkyl carbamates (subject to hydrolysis) is 1. The maximum absolute atomic E-state index is 12.3. The highest BCUT2D eigenvalue weighted by Crippen LogP contribution is 2.15. The molecule has 1 atom stereocenters. The third-order valence-electron chi connectivity index (χ3n) is 5.00. The number of rotatable bonds is 10. The van der Waals surface area contributed by atoms with Crippen molar-refractivity contribution >= 4 is 47.7 Å². The molecule has 228 valence electrons. The number of hydrogen-bond donors (Lipinski definition) is 1. The number of hydrogen-bond acceptors (Lipinski definition) is 13. The first-order valence-corrected chi connectivity index (χ1v) is 12.4. The zero-order valence-electron chi connectivity index (χ0n) is 23.4. The summed E-state index contributed by atoms with van der Waals surface area (Å²) in [6.45, 7) is 6.68. The van der Waals surface area contributed by atoms with Gasteiger partial charge in [-0.2, -0.15) is 4.99 Å². The van der Waals surface area contributed by atoms with E-state index in [2.05, 4.69) is 29.8 Å². The molecule has 1 unspecified atom stereocenters. The van der Waals surface area contributed by atoms with Crippen LogP contribution >= 0.6 is 0 Å². The number of amides is 1. The maximum Gasteiger partial charge on any atom is 0.422 e. The van der Waals surface area contributed by atoms with Gasteiger partial charge in [0, 0.05) is 30.8 Å². The fourth-order valence-electron chi connectivity index (χ4n) is 2.88. The molecule has 0 aliphatic carbocycles. The zero-order chi connectivity index (χ0) is 32.2. The lowest BCUT2D eigenvalue weighted by Crippen LogP contribution is -2.32. The lowest BCUT2D eigenvalue weighted by molar-refractivity contribution is -0.385. The summed E-state index contributed by atoms with van der Waals surface area (Å²) in [7, 11) is 0. The molecule has 17 heteroatoms. The van der Waals surface area contributed by atoms with Gasteiger partial charge in [-0.15, -0.1) is 0 Å². The first-order chi connectivity index (χ1) is 20.2. The van der Waals surface area contributed by atoms with E-state index in [4.69, 9.17) is 4.74 Å². The predicted octanol–water partition coefficient (Wildman–Crippen LogP) is 3.91. The van der Waals surface area contributed by atoms with Crippen LogP contribution in [0.5, 0.6) is 0 Å². The summed E-state index contributed by atoms with van der Waals surface area (Å²) in [6, 6.07) is 8.72. The molecule has 0 radical (unpaired) electrons. The topological polar surface area (TPSA) is 228 Å². The molecular formula is C26H27N5O12. The van der Waals surface area contributed by atoms with Crippen LogP contribution in [0.3, 0.4) is 0 Å². The molecule has 0 aliphatic rings. The molecule has 0 heterocycles. The van der Waals surface area contributed by atoms with Crippen LogP contribution in [0.25, 0.3) is 0 Å². The first kappa shape index (κ1) is 33.5. The Morgan fingerprint density at radius 2 is 1.42 bits per heavy atom. The van der Waals surface area contributed by atoms with E-state index in [1.165, 1.54) is 0 Å². The van der Waals surface area contributed by atoms with Gasteiger partial charge in [-0.1, -0.05) is 6.92 Å². The SMILES string of the molecule is CC(CCN=C(/N=C/OOC(=O)c1ccc([N+](=O)[O-])cc1)NC(=O)OC(=O)c1ccc([N+](=O)[O-])cc1)C(=O)OC(C)(C)C. The summed E-state index contributed by atoms with van der Waals surface area (Å²) in [5.41, 5.74) is -1.45. The van der Waals surface area contributed by atoms with Crippen molar-refractivity contribution in [2.24, 2.45) is 15.9 Å². The van der Waals surface area contributed by atoms with Crippen molar-refractivity contribution in [2.45, 2.75) is 39.7 Å². The smallest absolute Gasteiger partial charge is 0.422 e. The summed E-state index contributed by atoms with van der Waals surface area (Å²) in [4.78, 5) is 85.8. The van der Waals surface area contributed by atoms with Gasteiger partial charge in [0.05, 0.1) is 26.9 Å². The Morgan fingerprint density at radius 3 is 1.91 bits per heavy atom. The van der Waals surface area contributed by atoms with Gasteiger partial charge in [-0.25, -0.2) is 19.3 Å². The lowest BCUT2D eigenvalue weighted by Gasteiger charge is -2.21. The van der Waals surface area contributed by atoms with Crippen molar-refractivity contribution in [3.63, 3.8) is 0 Å². The molecule has 2 aromatic carbocycles. The Morgan fingerprint density at radius 1 is 0.907 bits per heavy atom. The van der Waals surface area contributed by atoms with E-state index in [0.29, 0.717) is 6.40 Å². The van der Waals surface area contributed by atoms with E-state index < -0.39 is 51.3 Å². The Bertz CT molecular complexity index is 1410. The molecule has 0 saturated heterocycles. The van der Waals surface area contributed by atoms with Gasteiger partial charge in [0.25, 0.3) is 11.4 Å². The third kappa shape index (κ3) is 11.7. The second-order valence-corrected chi connectivity index (χ2v) is 9.54. The van der Waals surface area contributed by atoms with Crippen LogP contribution in [-0.2, 0) is 24.0 Å². The minimum absolute atomic E-state index is 0.0632. The van der Waals surface area contributed by atoms with Gasteiger partial charge >= 0.3 is 24.0 Å². The normalized spacial score (nSPS) is 12.1. The summed E-state index contributed by atoms with van der Waals surface area (Å²) >= 11 is 0. The zero-order valence-corrected chi connectivity index (χ0v) is 23.4. The minimum atomic E-state index is -1.33. The molecule has 0 aromatic heterocycles. The van der Waals surface area contributed by atoms with E-state index >= 15 is 0 Å². The standard InChI is InChI=1S/C26H27N5O12/c1-16(21(32)42-26(2,3)4)13-14-27-24(28-15-40-43-23(34)18-7-11-20(12-8-18)31(38)39)29-25(35)41-22(33)17-5-9-19(10-6-17)30(36)37/h5-12,15-16H,13-14H2,1-4H3,(H,27,29,35)/b28-15+. The fraction of sp³-hybridized carbons (Fsp3) is 0.308. The van der Waals surface area contributed by atoms with E-state index in [1.54, 1.807) is 27.7 Å². The van der Waals surface area contributed by atoms with Crippen LogP contribution < -0.4 is 5.32 Å². The van der Waals surface area contributed by atoms with Gasteiger partial charge in [-0.3, -0.25) is 40.2 Å². The van der Waals surface area contributed by atoms with E-state index in [1.807, 2.05) is 0 Å². The number of aliphatic imine (C=N–C) groups is 2. The average Bonchev–Trinajstić information content (AvgIpc) is 2.93. The molecule has 2 aromatic rings. The number of ether oxygens (including phenoxy) is 2. The molecule has 2 rings (SSSR count). The number of esters is 2. The van der Waals surface area contributed by atoms with Crippen LogP contribution in [-0.4, -0.2) is 58.4 Å². The highest BCUT2D eigenvalue weighted by molar-refractivity contribution is 6.03. The minimum Gasteiger partial charge on any atom is -0.460 e. The number of carbonyl (C=O) groups is 4. The molecule has 0 fully saturated rings. The third-order valence-corrected chi connectivity index (χ3v) is 5.00. The molecule has 0 bridgehead atoms. The number of nitrogens with zero attached hydrogens (tertiary/aromatic N) is 4. The quantitative estimate of drug-likeness (QED) is 0.0777. The van der Waals surface area contributed by atoms with Crippen molar-refractivity contribution in [2.75, 3.05) is 6.54 Å². The van der Waals surface area contributed by atoms with Gasteiger partial charge in [0.1, 0.15) is 5.60 Å². The Labute approximate surface area is 243 Å². The molecular weight excluding hydrogens is 574 g/mol. The summed E-state index contributed by atoms with van der Waals surface area (Å²) < 4.78 is 9.96. The van der Waals surface area contributed by atoms with Crippen LogP contribution in [0.4, 0.5) is 16.2 Å². The van der Waals surface area contributed by atoms with E-state index in [0.717, 1.165) is 48.5 Å². The molecule has 1 N–H and O–H groups in total. The van der Waals surface area contributed by atoms with Gasteiger partial charge in [0.2, 0.25) is 12.4 Å². The van der Waals surface area contributed by atoms with Gasteiger partial charge in [-0.05, 0) is 51.5 Å². The second kappa shape index (κ2) is 15.3. The van der Waals surface area contributed by atoms with Crippen molar-refractivity contribution in [3.05, 3.63) is 79.9 Å². The van der Waals surface area contributed by atoms with Crippen LogP contribution in [0.2, 0.25) is 0 Å². The number of benzene rings is 2. The number of carbonyl (C=O) groups excluding carboxylic acids is 4. The highest BCUT2D eigenvalue weighted by Gasteiger charge is 2.22. The summed E-state index contributed by atoms with van der Waals surface area (Å²) in [6.07, 6.45) is -0.581. The molecule has 0 spiro atoms. The monoisotopic (exact) mass is 601 g/mol. The Hall–Kier alpha value is -5.74. The largest absolute Gasteiger partial charge is 0.460 e. The van der Waals surface area contributed by atoms with Crippen molar-refractivity contribution in [3.8, 4) is 0 Å². The van der Waals surface area contributed by atoms with Crippen molar-refractivity contribution in [1.29, 1.82) is 0 Å². The predicted molar refractivity (Wildman–Crippen MR) is 147 cm³/mol. The Kier molecular flexibility index (Phi) is 11.9. The lowest BCUT2D eigenvalue weighted by atomic mass is 10.1. The van der Waals surface area contributed by atoms with Crippen molar-refractivity contribution < 1.29 is 48.3 Å². The number of non-ortho nitro benzene ring substituents is 2. The number of nitro groups is 2. The van der Waals surface area contributed by atoms with Crippen LogP contribution in [0.15, 0.2) is 58.5 Å². The first-order valence-electron chi connectivity index (χ1n) is 12.4. The van der Waals surface area contributed by atoms with Gasteiger partial charge in [0.15, 0.2) is 0 Å². The number of nitrogens with one attached hydrogen (secondary N) is 1. The summed E-state index contributed by atoms with van der Waals surface area (Å²) in [5, 5.41) is 23.6. The van der Waals surface area contributed by atoms with Gasteiger partial charge < -0.3 is 9.47 Å². The highest BCUT2D eigenvalue weighted by atomic mass is 17.2. The van der Waals surface area contributed by atoms with Crippen LogP contribution in [0.1, 0.15) is 54.8 Å². The molecule has 0 aliphatic heterocycles. The Balaban J connectivity index is 2.06. The summed E-state index contributed by atoms with van der Waals surface area (Å²) in [5.74, 6) is -3.68. The molecule has 43 heavy (non-hydrogen) atoms. The van der Waals surface area contributed by atoms with E-state index in [9.17, 15) is 39.4 Å². The molecule has 1 amide bonds. The fourth-order valence-corrected chi connectivity index (χ4v) is 2.88. The number of nitro benzene ring substituents is 2. The maximum atomic E-state index is 12.3. The second-order valence-electron chi connectivity index (χ2n) is 9.54. The molecule has 0 saturated carbocycles. The van der Waals surface area contributed by atoms with Crippen LogP contribution in [0, 0.1) is 26.1 Å². The number of guanidine groups is 1. The van der Waals surface area contributed by atoms with E-state index in [-0.39, 0.29) is 35.5 Å². The molecule has 17 nitrogen and oxygen atoms in total. The average molecular weight is 602 g/mol.